The van der Waals surface area contributed by atoms with Crippen molar-refractivity contribution in [3.05, 3.63) is 53.6 Å². The summed E-state index contributed by atoms with van der Waals surface area (Å²) in [6.07, 6.45) is -1.73. The summed E-state index contributed by atoms with van der Waals surface area (Å²) in [7, 11) is 0. The molecule has 3 aromatic rings. The van der Waals surface area contributed by atoms with Gasteiger partial charge in [-0.15, -0.1) is 0 Å². The molecule has 198 valence electrons. The molecule has 0 bridgehead atoms. The maximum absolute atomic E-state index is 11.3. The van der Waals surface area contributed by atoms with E-state index in [0.717, 1.165) is 5.82 Å². The normalized spacial score (nSPS) is 10.4. The van der Waals surface area contributed by atoms with Crippen LogP contribution < -0.4 is 10.6 Å². The molecule has 0 saturated carbocycles. The number of H-pyrrole nitrogens is 1. The van der Waals surface area contributed by atoms with Gasteiger partial charge in [-0.05, 0) is 17.7 Å². The van der Waals surface area contributed by atoms with E-state index < -0.39 is 12.1 Å². The van der Waals surface area contributed by atoms with E-state index in [1.807, 2.05) is 0 Å². The number of hydrogen-bond donors (Lipinski definition) is 5. The average molecular weight is 548 g/mol. The van der Waals surface area contributed by atoms with Crippen molar-refractivity contribution in [1.29, 1.82) is 10.5 Å². The fourth-order valence-electron chi connectivity index (χ4n) is 2.91. The average Bonchev–Trinajstić information content (AvgIpc) is 3.39. The minimum atomic E-state index is -5.08. The van der Waals surface area contributed by atoms with Crippen LogP contribution in [0.2, 0.25) is 0 Å². The van der Waals surface area contributed by atoms with E-state index in [9.17, 15) is 33.6 Å². The number of thioether (sulfide) groups is 1. The van der Waals surface area contributed by atoms with Crippen molar-refractivity contribution in [1.82, 2.24) is 15.0 Å². The number of amides is 1. The maximum atomic E-state index is 11.3. The Morgan fingerprint density at radius 3 is 2.26 bits per heavy atom. The first-order valence-corrected chi connectivity index (χ1v) is 11.5. The molecule has 5 N–H and O–H groups in total. The van der Waals surface area contributed by atoms with Gasteiger partial charge in [0, 0.05) is 37.1 Å². The van der Waals surface area contributed by atoms with Gasteiger partial charge in [0.25, 0.3) is 0 Å². The Bertz CT molecular complexity index is 1350. The van der Waals surface area contributed by atoms with Crippen molar-refractivity contribution < 1.29 is 33.0 Å². The number of aromatic nitrogens is 3. The highest BCUT2D eigenvalue weighted by atomic mass is 32.2. The van der Waals surface area contributed by atoms with Gasteiger partial charge in [-0.3, -0.25) is 4.79 Å². The second-order valence-corrected chi connectivity index (χ2v) is 8.11. The van der Waals surface area contributed by atoms with Crippen LogP contribution in [0.4, 0.5) is 24.7 Å². The van der Waals surface area contributed by atoms with Crippen LogP contribution in [0.25, 0.3) is 11.1 Å². The van der Waals surface area contributed by atoms with Crippen molar-refractivity contribution >= 4 is 35.1 Å². The number of rotatable bonds is 8. The first kappa shape index (κ1) is 29.6. The number of aliphatic carboxylic acids is 1. The second-order valence-electron chi connectivity index (χ2n) is 7.15. The number of aliphatic hydroxyl groups excluding tert-OH is 1. The second kappa shape index (κ2) is 13.6. The lowest BCUT2D eigenvalue weighted by molar-refractivity contribution is -0.192. The molecule has 3 rings (SSSR count). The molecule has 2 aromatic heterocycles. The van der Waals surface area contributed by atoms with Gasteiger partial charge in [0.15, 0.2) is 0 Å². The molecule has 2 heterocycles. The molecule has 0 aliphatic rings. The summed E-state index contributed by atoms with van der Waals surface area (Å²) < 4.78 is 31.7. The zero-order valence-electron chi connectivity index (χ0n) is 19.6. The van der Waals surface area contributed by atoms with E-state index in [1.165, 1.54) is 18.7 Å². The molecule has 0 radical (unpaired) electrons. The van der Waals surface area contributed by atoms with Gasteiger partial charge in [-0.25, -0.2) is 14.8 Å². The highest BCUT2D eigenvalue weighted by Crippen LogP contribution is 2.37. The Kier molecular flexibility index (Phi) is 10.6. The number of carbonyl (C=O) groups is 2. The standard InChI is InChI=1S/C21H19N7O2S.C2HF3O2/c1-13(30)27-15-4-2-14(3-5-15)19-16(10-22)20(26-8-9-29)28-21(17(19)11-23)31-12-18-24-6-7-25-18;3-2(4,5)1(6)7/h2-7,29H,8-9,12H2,1H3,(H,24,25)(H,26,28)(H,27,30);(H,6,7). The number of alkyl halides is 3. The number of carboxylic acid groups (broad SMARTS) is 1. The van der Waals surface area contributed by atoms with E-state index in [2.05, 4.69) is 37.7 Å². The van der Waals surface area contributed by atoms with Crippen LogP contribution in [-0.4, -0.2) is 56.4 Å². The number of carbonyl (C=O) groups excluding carboxylic acids is 1. The summed E-state index contributed by atoms with van der Waals surface area (Å²) in [6, 6.07) is 11.2. The minimum absolute atomic E-state index is 0.137. The van der Waals surface area contributed by atoms with E-state index in [-0.39, 0.29) is 30.2 Å². The zero-order chi connectivity index (χ0) is 28.3. The lowest BCUT2D eigenvalue weighted by Crippen LogP contribution is -2.21. The molecule has 0 spiro atoms. The van der Waals surface area contributed by atoms with Gasteiger partial charge in [0.1, 0.15) is 34.4 Å². The van der Waals surface area contributed by atoms with Crippen LogP contribution in [0.5, 0.6) is 0 Å². The van der Waals surface area contributed by atoms with E-state index >= 15 is 0 Å². The quantitative estimate of drug-likeness (QED) is 0.261. The number of nitrogens with zero attached hydrogens (tertiary/aromatic N) is 4. The first-order chi connectivity index (χ1) is 18.0. The molecule has 0 fully saturated rings. The summed E-state index contributed by atoms with van der Waals surface area (Å²) in [5.41, 5.74) is 2.16. The number of hydrogen-bond acceptors (Lipinski definition) is 9. The molecular weight excluding hydrogens is 527 g/mol. The van der Waals surface area contributed by atoms with Crippen LogP contribution in [0.1, 0.15) is 23.9 Å². The number of imidazole rings is 1. The zero-order valence-corrected chi connectivity index (χ0v) is 20.4. The van der Waals surface area contributed by atoms with Crippen LogP contribution in [0.15, 0.2) is 41.7 Å². The van der Waals surface area contributed by atoms with Gasteiger partial charge in [-0.1, -0.05) is 23.9 Å². The van der Waals surface area contributed by atoms with Gasteiger partial charge >= 0.3 is 12.1 Å². The van der Waals surface area contributed by atoms with Gasteiger partial charge in [0.2, 0.25) is 5.91 Å². The monoisotopic (exact) mass is 547 g/mol. The van der Waals surface area contributed by atoms with E-state index in [4.69, 9.17) is 9.90 Å². The smallest absolute Gasteiger partial charge is 0.475 e. The van der Waals surface area contributed by atoms with Crippen molar-refractivity contribution in [2.75, 3.05) is 23.8 Å². The Hall–Kier alpha value is -4.60. The third-order valence-electron chi connectivity index (χ3n) is 4.43. The number of halogens is 3. The minimum Gasteiger partial charge on any atom is -0.475 e. The lowest BCUT2D eigenvalue weighted by Gasteiger charge is -2.16. The number of nitriles is 2. The summed E-state index contributed by atoms with van der Waals surface area (Å²) in [5, 5.41) is 42.2. The Labute approximate surface area is 218 Å². The predicted molar refractivity (Wildman–Crippen MR) is 131 cm³/mol. The Morgan fingerprint density at radius 2 is 1.79 bits per heavy atom. The molecule has 38 heavy (non-hydrogen) atoms. The molecule has 0 aliphatic carbocycles. The third kappa shape index (κ3) is 8.22. The topological polar surface area (TPSA) is 188 Å². The highest BCUT2D eigenvalue weighted by Gasteiger charge is 2.38. The number of anilines is 2. The molecule has 0 atom stereocenters. The fourth-order valence-corrected chi connectivity index (χ4v) is 3.79. The summed E-state index contributed by atoms with van der Waals surface area (Å²) in [5.74, 6) is -1.47. The van der Waals surface area contributed by atoms with E-state index in [0.29, 0.717) is 33.4 Å². The van der Waals surface area contributed by atoms with Crippen molar-refractivity contribution in [3.8, 4) is 23.3 Å². The number of benzene rings is 1. The number of nitrogens with one attached hydrogen (secondary N) is 3. The molecule has 0 saturated heterocycles. The highest BCUT2D eigenvalue weighted by molar-refractivity contribution is 7.98. The summed E-state index contributed by atoms with van der Waals surface area (Å²) >= 11 is 1.32. The van der Waals surface area contributed by atoms with Gasteiger partial charge in [0.05, 0.1) is 17.9 Å². The number of pyridine rings is 1. The Balaban J connectivity index is 0.000000638. The van der Waals surface area contributed by atoms with Gasteiger partial charge in [-0.2, -0.15) is 23.7 Å². The molecule has 1 amide bonds. The third-order valence-corrected chi connectivity index (χ3v) is 5.42. The molecule has 1 aromatic carbocycles. The van der Waals surface area contributed by atoms with Crippen LogP contribution in [0.3, 0.4) is 0 Å². The fraction of sp³-hybridized carbons (Fsp3) is 0.217. The number of carboxylic acids is 1. The largest absolute Gasteiger partial charge is 0.490 e. The summed E-state index contributed by atoms with van der Waals surface area (Å²) in [4.78, 5) is 31.9. The SMILES string of the molecule is CC(=O)Nc1ccc(-c2c(C#N)c(NCCO)nc(SCc3ncc[nH]3)c2C#N)cc1.O=C(O)C(F)(F)F. The van der Waals surface area contributed by atoms with E-state index in [1.54, 1.807) is 36.7 Å². The van der Waals surface area contributed by atoms with Crippen molar-refractivity contribution in [2.24, 2.45) is 0 Å². The maximum Gasteiger partial charge on any atom is 0.490 e. The van der Waals surface area contributed by atoms with Crippen molar-refractivity contribution in [2.45, 2.75) is 23.9 Å². The number of aromatic amines is 1. The van der Waals surface area contributed by atoms with Crippen LogP contribution >= 0.6 is 11.8 Å². The van der Waals surface area contributed by atoms with Gasteiger partial charge < -0.3 is 25.8 Å². The number of aliphatic hydroxyl groups is 1. The first-order valence-electron chi connectivity index (χ1n) is 10.5. The molecular formula is C23H20F3N7O4S. The molecule has 15 heteroatoms. The summed E-state index contributed by atoms with van der Waals surface area (Å²) in [6.45, 7) is 1.49. The van der Waals surface area contributed by atoms with Crippen LogP contribution in [0, 0.1) is 22.7 Å². The lowest BCUT2D eigenvalue weighted by atomic mass is 9.96. The van der Waals surface area contributed by atoms with Crippen LogP contribution in [-0.2, 0) is 15.3 Å². The molecule has 0 unspecified atom stereocenters. The predicted octanol–water partition coefficient (Wildman–Crippen LogP) is 3.50. The molecule has 0 aliphatic heterocycles. The molecule has 11 nitrogen and oxygen atoms in total. The Morgan fingerprint density at radius 1 is 1.16 bits per heavy atom. The van der Waals surface area contributed by atoms with Crippen molar-refractivity contribution in [3.63, 3.8) is 0 Å².